The number of nitrogens with zero attached hydrogens (tertiary/aromatic N) is 1. The molecule has 1 aromatic heterocycles. The second-order valence-corrected chi connectivity index (χ2v) is 5.21. The van der Waals surface area contributed by atoms with Crippen molar-refractivity contribution in [2.24, 2.45) is 11.7 Å². The van der Waals surface area contributed by atoms with Gasteiger partial charge in [0.05, 0.1) is 18.2 Å². The first kappa shape index (κ1) is 15.2. The molecular weight excluding hydrogens is 262 g/mol. The van der Waals surface area contributed by atoms with Gasteiger partial charge in [-0.2, -0.15) is 0 Å². The highest BCUT2D eigenvalue weighted by atomic mass is 16.1. The Kier molecular flexibility index (Phi) is 5.06. The zero-order valence-corrected chi connectivity index (χ0v) is 12.4. The second-order valence-electron chi connectivity index (χ2n) is 5.21. The van der Waals surface area contributed by atoms with E-state index in [2.05, 4.69) is 10.3 Å². The van der Waals surface area contributed by atoms with Crippen molar-refractivity contribution >= 4 is 5.91 Å². The lowest BCUT2D eigenvalue weighted by Crippen LogP contribution is -2.35. The fourth-order valence-corrected chi connectivity index (χ4v) is 2.16. The molecule has 21 heavy (non-hydrogen) atoms. The lowest BCUT2D eigenvalue weighted by molar-refractivity contribution is -0.125. The van der Waals surface area contributed by atoms with Crippen molar-refractivity contribution in [1.82, 2.24) is 10.3 Å². The molecule has 1 heterocycles. The summed E-state index contributed by atoms with van der Waals surface area (Å²) >= 11 is 0. The number of carbonyl (C=O) groups excluding carboxylic acids is 1. The van der Waals surface area contributed by atoms with Gasteiger partial charge >= 0.3 is 0 Å². The summed E-state index contributed by atoms with van der Waals surface area (Å²) in [6.07, 6.45) is 1.73. The van der Waals surface area contributed by atoms with Gasteiger partial charge in [-0.25, -0.2) is 0 Å². The first-order valence-corrected chi connectivity index (χ1v) is 7.08. The average Bonchev–Trinajstić information content (AvgIpc) is 2.53. The number of aromatic nitrogens is 1. The largest absolute Gasteiger partial charge is 0.350 e. The van der Waals surface area contributed by atoms with Crippen molar-refractivity contribution in [3.05, 3.63) is 65.5 Å². The minimum absolute atomic E-state index is 0.0589. The van der Waals surface area contributed by atoms with Crippen molar-refractivity contribution in [1.29, 1.82) is 0 Å². The first-order valence-electron chi connectivity index (χ1n) is 7.08. The molecule has 0 fully saturated rings. The standard InChI is InChI=1S/C17H21N3O/c1-12-7-6-10-19-15(12)11-20-17(21)13(2)16(18)14-8-4-3-5-9-14/h3-10,13,16H,11,18H2,1-2H3,(H,20,21). The smallest absolute Gasteiger partial charge is 0.225 e. The number of amides is 1. The Morgan fingerprint density at radius 1 is 1.24 bits per heavy atom. The summed E-state index contributed by atoms with van der Waals surface area (Å²) in [5, 5.41) is 2.91. The van der Waals surface area contributed by atoms with E-state index in [1.165, 1.54) is 0 Å². The molecule has 2 aromatic rings. The molecule has 2 unspecified atom stereocenters. The summed E-state index contributed by atoms with van der Waals surface area (Å²) in [6, 6.07) is 13.2. The molecule has 0 spiro atoms. The van der Waals surface area contributed by atoms with Gasteiger partial charge in [0.2, 0.25) is 5.91 Å². The summed E-state index contributed by atoms with van der Waals surface area (Å²) in [6.45, 7) is 4.25. The van der Waals surface area contributed by atoms with Gasteiger partial charge in [0, 0.05) is 12.2 Å². The minimum atomic E-state index is -0.309. The third-order valence-corrected chi connectivity index (χ3v) is 3.68. The predicted molar refractivity (Wildman–Crippen MR) is 83.4 cm³/mol. The quantitative estimate of drug-likeness (QED) is 0.885. The number of hydrogen-bond acceptors (Lipinski definition) is 3. The van der Waals surface area contributed by atoms with Crippen LogP contribution in [0.5, 0.6) is 0 Å². The molecular formula is C17H21N3O. The molecule has 4 heteroatoms. The van der Waals surface area contributed by atoms with Gasteiger partial charge in [-0.15, -0.1) is 0 Å². The van der Waals surface area contributed by atoms with Crippen molar-refractivity contribution in [2.45, 2.75) is 26.4 Å². The van der Waals surface area contributed by atoms with E-state index < -0.39 is 0 Å². The molecule has 2 rings (SSSR count). The zero-order chi connectivity index (χ0) is 15.2. The van der Waals surface area contributed by atoms with E-state index in [4.69, 9.17) is 5.73 Å². The zero-order valence-electron chi connectivity index (χ0n) is 12.4. The van der Waals surface area contributed by atoms with Crippen molar-refractivity contribution in [3.8, 4) is 0 Å². The van der Waals surface area contributed by atoms with E-state index in [1.54, 1.807) is 6.20 Å². The Morgan fingerprint density at radius 2 is 1.95 bits per heavy atom. The summed E-state index contributed by atoms with van der Waals surface area (Å²) in [5.41, 5.74) is 9.08. The van der Waals surface area contributed by atoms with Crippen LogP contribution in [0.1, 0.15) is 29.8 Å². The van der Waals surface area contributed by atoms with E-state index in [1.807, 2.05) is 56.3 Å². The molecule has 110 valence electrons. The predicted octanol–water partition coefficient (Wildman–Crippen LogP) is 2.34. The number of aryl methyl sites for hydroxylation is 1. The minimum Gasteiger partial charge on any atom is -0.350 e. The fourth-order valence-electron chi connectivity index (χ4n) is 2.16. The Bertz CT molecular complexity index is 598. The molecule has 4 nitrogen and oxygen atoms in total. The second kappa shape index (κ2) is 6.99. The van der Waals surface area contributed by atoms with Gasteiger partial charge in [-0.1, -0.05) is 43.3 Å². The van der Waals surface area contributed by atoms with Crippen LogP contribution in [0, 0.1) is 12.8 Å². The Labute approximate surface area is 125 Å². The number of nitrogens with one attached hydrogen (secondary N) is 1. The normalized spacial score (nSPS) is 13.5. The van der Waals surface area contributed by atoms with Gasteiger partial charge in [0.15, 0.2) is 0 Å². The molecule has 0 aliphatic rings. The van der Waals surface area contributed by atoms with Crippen LogP contribution in [0.15, 0.2) is 48.7 Å². The number of hydrogen-bond donors (Lipinski definition) is 2. The number of rotatable bonds is 5. The van der Waals surface area contributed by atoms with Crippen LogP contribution in [-0.2, 0) is 11.3 Å². The van der Waals surface area contributed by atoms with Crippen LogP contribution in [-0.4, -0.2) is 10.9 Å². The lowest BCUT2D eigenvalue weighted by Gasteiger charge is -2.20. The van der Waals surface area contributed by atoms with Crippen LogP contribution in [0.3, 0.4) is 0 Å². The topological polar surface area (TPSA) is 68.0 Å². The highest BCUT2D eigenvalue weighted by Crippen LogP contribution is 2.19. The maximum atomic E-state index is 12.2. The Morgan fingerprint density at radius 3 is 2.62 bits per heavy atom. The summed E-state index contributed by atoms with van der Waals surface area (Å²) in [4.78, 5) is 16.5. The molecule has 3 N–H and O–H groups in total. The monoisotopic (exact) mass is 283 g/mol. The SMILES string of the molecule is Cc1cccnc1CNC(=O)C(C)C(N)c1ccccc1. The molecule has 1 amide bonds. The van der Waals surface area contributed by atoms with Crippen molar-refractivity contribution in [2.75, 3.05) is 0 Å². The molecule has 0 saturated heterocycles. The Hall–Kier alpha value is -2.20. The molecule has 0 saturated carbocycles. The van der Waals surface area contributed by atoms with Crippen LogP contribution >= 0.6 is 0 Å². The number of nitrogens with two attached hydrogens (primary N) is 1. The maximum absolute atomic E-state index is 12.2. The van der Waals surface area contributed by atoms with Crippen LogP contribution in [0.25, 0.3) is 0 Å². The molecule has 2 atom stereocenters. The van der Waals surface area contributed by atoms with Gasteiger partial charge < -0.3 is 11.1 Å². The molecule has 0 radical (unpaired) electrons. The summed E-state index contributed by atoms with van der Waals surface area (Å²) in [5.74, 6) is -0.354. The number of benzene rings is 1. The van der Waals surface area contributed by atoms with E-state index in [-0.39, 0.29) is 17.9 Å². The molecule has 0 aliphatic heterocycles. The maximum Gasteiger partial charge on any atom is 0.225 e. The van der Waals surface area contributed by atoms with Gasteiger partial charge in [0.25, 0.3) is 0 Å². The molecule has 1 aromatic carbocycles. The lowest BCUT2D eigenvalue weighted by atomic mass is 9.94. The number of carbonyl (C=O) groups is 1. The van der Waals surface area contributed by atoms with Gasteiger partial charge in [-0.05, 0) is 24.1 Å². The van der Waals surface area contributed by atoms with Crippen LogP contribution < -0.4 is 11.1 Å². The number of pyridine rings is 1. The van der Waals surface area contributed by atoms with Crippen molar-refractivity contribution in [3.63, 3.8) is 0 Å². The van der Waals surface area contributed by atoms with E-state index in [9.17, 15) is 4.79 Å². The van der Waals surface area contributed by atoms with Crippen LogP contribution in [0.2, 0.25) is 0 Å². The van der Waals surface area contributed by atoms with E-state index in [0.717, 1.165) is 16.8 Å². The summed E-state index contributed by atoms with van der Waals surface area (Å²) in [7, 11) is 0. The third kappa shape index (κ3) is 3.89. The molecule has 0 bridgehead atoms. The third-order valence-electron chi connectivity index (χ3n) is 3.68. The Balaban J connectivity index is 1.95. The van der Waals surface area contributed by atoms with Gasteiger partial charge in [-0.3, -0.25) is 9.78 Å². The summed E-state index contributed by atoms with van der Waals surface area (Å²) < 4.78 is 0. The van der Waals surface area contributed by atoms with E-state index in [0.29, 0.717) is 6.54 Å². The van der Waals surface area contributed by atoms with Crippen molar-refractivity contribution < 1.29 is 4.79 Å². The molecule has 0 aliphatic carbocycles. The highest BCUT2D eigenvalue weighted by molar-refractivity contribution is 5.79. The average molecular weight is 283 g/mol. The van der Waals surface area contributed by atoms with Gasteiger partial charge in [0.1, 0.15) is 0 Å². The highest BCUT2D eigenvalue weighted by Gasteiger charge is 2.21. The van der Waals surface area contributed by atoms with E-state index >= 15 is 0 Å². The van der Waals surface area contributed by atoms with Crippen LogP contribution in [0.4, 0.5) is 0 Å². The fraction of sp³-hybridized carbons (Fsp3) is 0.294. The first-order chi connectivity index (χ1) is 10.1.